The van der Waals surface area contributed by atoms with Crippen molar-refractivity contribution in [3.05, 3.63) is 70.9 Å². The lowest BCUT2D eigenvalue weighted by Gasteiger charge is -2.03. The van der Waals surface area contributed by atoms with E-state index in [2.05, 4.69) is 25.7 Å². The molecule has 0 aliphatic heterocycles. The Kier molecular flexibility index (Phi) is 4.86. The van der Waals surface area contributed by atoms with Crippen LogP contribution in [0.4, 0.5) is 0 Å². The summed E-state index contributed by atoms with van der Waals surface area (Å²) in [6.07, 6.45) is 4.90. The molecule has 9 heteroatoms. The molecule has 28 heavy (non-hydrogen) atoms. The molecule has 1 amide bonds. The highest BCUT2D eigenvalue weighted by Gasteiger charge is 2.15. The highest BCUT2D eigenvalue weighted by atomic mass is 35.5. The van der Waals surface area contributed by atoms with Gasteiger partial charge in [0.25, 0.3) is 5.89 Å². The number of pyridine rings is 1. The van der Waals surface area contributed by atoms with Crippen LogP contribution in [0.2, 0.25) is 5.02 Å². The van der Waals surface area contributed by atoms with Crippen LogP contribution in [-0.2, 0) is 11.3 Å². The number of amides is 1. The summed E-state index contributed by atoms with van der Waals surface area (Å²) in [5.74, 6) is 1.22. The lowest BCUT2D eigenvalue weighted by atomic mass is 10.2. The molecule has 8 nitrogen and oxygen atoms in total. The second-order valence-electron chi connectivity index (χ2n) is 5.95. The maximum absolute atomic E-state index is 12.1. The summed E-state index contributed by atoms with van der Waals surface area (Å²) in [5, 5.41) is 15.5. The number of hydrogen-bond donors (Lipinski definition) is 1. The van der Waals surface area contributed by atoms with Crippen LogP contribution in [0.3, 0.4) is 0 Å². The van der Waals surface area contributed by atoms with Crippen LogP contribution >= 0.6 is 11.6 Å². The number of halogens is 1. The number of aryl methyl sites for hydroxylation is 1. The van der Waals surface area contributed by atoms with Crippen molar-refractivity contribution in [3.8, 4) is 11.5 Å². The van der Waals surface area contributed by atoms with Gasteiger partial charge in [0.1, 0.15) is 0 Å². The minimum atomic E-state index is -0.264. The molecule has 0 aliphatic rings. The number of carbonyl (C=O) groups excluding carboxylic acids is 1. The van der Waals surface area contributed by atoms with Gasteiger partial charge in [0.05, 0.1) is 12.1 Å². The molecule has 4 aromatic rings. The van der Waals surface area contributed by atoms with E-state index in [0.717, 1.165) is 5.56 Å². The van der Waals surface area contributed by atoms with E-state index in [9.17, 15) is 4.79 Å². The molecule has 0 unspecified atom stereocenters. The monoisotopic (exact) mass is 394 g/mol. The van der Waals surface area contributed by atoms with E-state index >= 15 is 0 Å². The van der Waals surface area contributed by atoms with Gasteiger partial charge in [-0.3, -0.25) is 9.20 Å². The molecule has 3 heterocycles. The quantitative estimate of drug-likeness (QED) is 0.522. The highest BCUT2D eigenvalue weighted by Crippen LogP contribution is 2.22. The first kappa shape index (κ1) is 17.9. The van der Waals surface area contributed by atoms with Crippen molar-refractivity contribution in [1.82, 2.24) is 30.1 Å². The second kappa shape index (κ2) is 7.61. The molecular formula is C19H15ClN6O2. The predicted octanol–water partition coefficient (Wildman–Crippen LogP) is 3.07. The zero-order chi connectivity index (χ0) is 19.5. The first-order valence-electron chi connectivity index (χ1n) is 8.45. The lowest BCUT2D eigenvalue weighted by Crippen LogP contribution is -2.21. The van der Waals surface area contributed by atoms with Crippen LogP contribution in [0.25, 0.3) is 23.2 Å². The van der Waals surface area contributed by atoms with Crippen molar-refractivity contribution in [2.24, 2.45) is 0 Å². The van der Waals surface area contributed by atoms with Crippen molar-refractivity contribution in [2.75, 3.05) is 0 Å². The van der Waals surface area contributed by atoms with Crippen LogP contribution in [0.15, 0.2) is 53.2 Å². The maximum atomic E-state index is 12.1. The Balaban J connectivity index is 1.50. The largest absolute Gasteiger partial charge is 0.345 e. The number of benzene rings is 1. The number of rotatable bonds is 5. The van der Waals surface area contributed by atoms with Crippen molar-refractivity contribution in [1.29, 1.82) is 0 Å². The van der Waals surface area contributed by atoms with Crippen LogP contribution in [0.1, 0.15) is 17.2 Å². The molecule has 0 spiro atoms. The van der Waals surface area contributed by atoms with Gasteiger partial charge >= 0.3 is 0 Å². The van der Waals surface area contributed by atoms with Gasteiger partial charge in [0.2, 0.25) is 5.91 Å². The summed E-state index contributed by atoms with van der Waals surface area (Å²) < 4.78 is 6.99. The van der Waals surface area contributed by atoms with Gasteiger partial charge in [-0.05, 0) is 36.8 Å². The normalized spacial score (nSPS) is 11.4. The standard InChI is InChI=1S/C19H15ClN6O2/c1-12-22-19(28-25-12)14-6-4-10-26-16(23-24-18(14)26)11-21-17(27)9-8-13-5-2-3-7-15(13)20/h2-10H,11H2,1H3,(H,21,27)/b9-8+. The molecule has 4 rings (SSSR count). The number of hydrogen-bond acceptors (Lipinski definition) is 6. The van der Waals surface area contributed by atoms with E-state index in [4.69, 9.17) is 16.1 Å². The van der Waals surface area contributed by atoms with Gasteiger partial charge in [-0.1, -0.05) is 35.0 Å². The molecule has 0 atom stereocenters. The Labute approximate surface area is 164 Å². The van der Waals surface area contributed by atoms with E-state index < -0.39 is 0 Å². The van der Waals surface area contributed by atoms with E-state index in [1.165, 1.54) is 6.08 Å². The fourth-order valence-corrected chi connectivity index (χ4v) is 2.86. The first-order valence-corrected chi connectivity index (χ1v) is 8.83. The molecule has 1 N–H and O–H groups in total. The topological polar surface area (TPSA) is 98.2 Å². The lowest BCUT2D eigenvalue weighted by molar-refractivity contribution is -0.116. The number of carbonyl (C=O) groups is 1. The van der Waals surface area contributed by atoms with Crippen molar-refractivity contribution < 1.29 is 9.32 Å². The fraction of sp³-hybridized carbons (Fsp3) is 0.105. The number of nitrogens with zero attached hydrogens (tertiary/aromatic N) is 5. The van der Waals surface area contributed by atoms with Crippen molar-refractivity contribution in [2.45, 2.75) is 13.5 Å². The molecule has 0 saturated heterocycles. The minimum Gasteiger partial charge on any atom is -0.345 e. The Bertz CT molecular complexity index is 1180. The van der Waals surface area contributed by atoms with E-state index in [1.807, 2.05) is 36.5 Å². The third-order valence-corrected chi connectivity index (χ3v) is 4.35. The number of nitrogens with one attached hydrogen (secondary N) is 1. The summed E-state index contributed by atoms with van der Waals surface area (Å²) in [7, 11) is 0. The van der Waals surface area contributed by atoms with Crippen LogP contribution in [0.5, 0.6) is 0 Å². The van der Waals surface area contributed by atoms with Gasteiger partial charge in [-0.25, -0.2) is 0 Å². The molecule has 0 radical (unpaired) electrons. The van der Waals surface area contributed by atoms with E-state index in [1.54, 1.807) is 23.5 Å². The van der Waals surface area contributed by atoms with Crippen LogP contribution < -0.4 is 5.32 Å². The highest BCUT2D eigenvalue weighted by molar-refractivity contribution is 6.32. The van der Waals surface area contributed by atoms with Crippen LogP contribution in [-0.4, -0.2) is 30.6 Å². The van der Waals surface area contributed by atoms with Gasteiger partial charge in [0, 0.05) is 17.3 Å². The smallest absolute Gasteiger partial charge is 0.261 e. The fourth-order valence-electron chi connectivity index (χ4n) is 2.66. The van der Waals surface area contributed by atoms with Gasteiger partial charge in [0.15, 0.2) is 17.3 Å². The zero-order valence-electron chi connectivity index (χ0n) is 14.8. The van der Waals surface area contributed by atoms with E-state index in [0.29, 0.717) is 33.8 Å². The average molecular weight is 395 g/mol. The summed E-state index contributed by atoms with van der Waals surface area (Å²) in [6, 6.07) is 10.9. The second-order valence-corrected chi connectivity index (χ2v) is 6.36. The Morgan fingerprint density at radius 1 is 1.25 bits per heavy atom. The molecule has 3 aromatic heterocycles. The van der Waals surface area contributed by atoms with Gasteiger partial charge < -0.3 is 9.84 Å². The average Bonchev–Trinajstić information content (AvgIpc) is 3.31. The third kappa shape index (κ3) is 3.63. The Hall–Kier alpha value is -3.52. The van der Waals surface area contributed by atoms with Crippen molar-refractivity contribution >= 4 is 29.2 Å². The molecule has 140 valence electrons. The van der Waals surface area contributed by atoms with Crippen molar-refractivity contribution in [3.63, 3.8) is 0 Å². The summed E-state index contributed by atoms with van der Waals surface area (Å²) in [4.78, 5) is 16.3. The third-order valence-electron chi connectivity index (χ3n) is 4.00. The Morgan fingerprint density at radius 2 is 2.11 bits per heavy atom. The first-order chi connectivity index (χ1) is 13.6. The summed E-state index contributed by atoms with van der Waals surface area (Å²) in [6.45, 7) is 1.95. The zero-order valence-corrected chi connectivity index (χ0v) is 15.6. The molecule has 0 aliphatic carbocycles. The summed E-state index contributed by atoms with van der Waals surface area (Å²) in [5.41, 5.74) is 2.01. The molecule has 0 bridgehead atoms. The molecule has 0 fully saturated rings. The Morgan fingerprint density at radius 3 is 2.89 bits per heavy atom. The number of aromatic nitrogens is 5. The maximum Gasteiger partial charge on any atom is 0.261 e. The van der Waals surface area contributed by atoms with Gasteiger partial charge in [-0.2, -0.15) is 4.98 Å². The summed E-state index contributed by atoms with van der Waals surface area (Å²) >= 11 is 6.08. The predicted molar refractivity (Wildman–Crippen MR) is 103 cm³/mol. The molecular weight excluding hydrogens is 380 g/mol. The molecule has 1 aromatic carbocycles. The van der Waals surface area contributed by atoms with Crippen LogP contribution in [0, 0.1) is 6.92 Å². The minimum absolute atomic E-state index is 0.208. The number of fused-ring (bicyclic) bond motifs is 1. The SMILES string of the molecule is Cc1noc(-c2cccn3c(CNC(=O)/C=C/c4ccccc4Cl)nnc23)n1. The molecule has 0 saturated carbocycles. The van der Waals surface area contributed by atoms with E-state index in [-0.39, 0.29) is 12.5 Å². The van der Waals surface area contributed by atoms with Gasteiger partial charge in [-0.15, -0.1) is 10.2 Å².